The molecule has 27 heavy (non-hydrogen) atoms. The van der Waals surface area contributed by atoms with Crippen LogP contribution in [0.3, 0.4) is 0 Å². The maximum Gasteiger partial charge on any atom is 0.243 e. The van der Waals surface area contributed by atoms with Crippen LogP contribution in [-0.4, -0.2) is 42.9 Å². The van der Waals surface area contributed by atoms with Crippen LogP contribution >= 0.6 is 0 Å². The molecule has 140 valence electrons. The minimum atomic E-state index is -3.48. The van der Waals surface area contributed by atoms with Gasteiger partial charge in [-0.2, -0.15) is 4.31 Å². The lowest BCUT2D eigenvalue weighted by molar-refractivity contribution is 0.317. The minimum absolute atomic E-state index is 0.249. The number of piperidine rings is 1. The highest BCUT2D eigenvalue weighted by Gasteiger charge is 2.30. The fourth-order valence-corrected chi connectivity index (χ4v) is 4.95. The van der Waals surface area contributed by atoms with Crippen LogP contribution in [0.15, 0.2) is 59.6 Å². The van der Waals surface area contributed by atoms with E-state index in [9.17, 15) is 8.42 Å². The maximum atomic E-state index is 12.9. The zero-order valence-corrected chi connectivity index (χ0v) is 15.9. The zero-order valence-electron chi connectivity index (χ0n) is 15.1. The van der Waals surface area contributed by atoms with E-state index in [2.05, 4.69) is 9.97 Å². The number of hydrogen-bond acceptors (Lipinski definition) is 5. The van der Waals surface area contributed by atoms with Crippen LogP contribution in [0.2, 0.25) is 0 Å². The molecule has 0 amide bonds. The Balaban J connectivity index is 1.48. The molecule has 0 saturated carbocycles. The molecule has 0 unspecified atom stereocenters. The summed E-state index contributed by atoms with van der Waals surface area (Å²) < 4.78 is 32.4. The molecular weight excluding hydrogens is 362 g/mol. The summed E-state index contributed by atoms with van der Waals surface area (Å²) >= 11 is 0. The lowest BCUT2D eigenvalue weighted by atomic mass is 9.94. The van der Waals surface area contributed by atoms with E-state index in [1.54, 1.807) is 41.9 Å². The van der Waals surface area contributed by atoms with Gasteiger partial charge in [0.25, 0.3) is 0 Å². The van der Waals surface area contributed by atoms with Crippen molar-refractivity contribution >= 4 is 21.1 Å². The third kappa shape index (κ3) is 3.52. The molecule has 2 aromatic heterocycles. The first-order valence-corrected chi connectivity index (χ1v) is 10.4. The molecule has 1 fully saturated rings. The van der Waals surface area contributed by atoms with Crippen LogP contribution in [-0.2, 0) is 10.0 Å². The Hall–Kier alpha value is -2.51. The van der Waals surface area contributed by atoms with Gasteiger partial charge in [-0.05, 0) is 61.4 Å². The highest BCUT2D eigenvalue weighted by Crippen LogP contribution is 2.30. The van der Waals surface area contributed by atoms with Gasteiger partial charge in [0, 0.05) is 36.3 Å². The molecule has 0 atom stereocenters. The largest absolute Gasteiger partial charge is 0.497 e. The number of methoxy groups -OCH3 is 1. The lowest BCUT2D eigenvalue weighted by Gasteiger charge is -2.31. The number of pyridine rings is 2. The smallest absolute Gasteiger partial charge is 0.243 e. The van der Waals surface area contributed by atoms with Crippen molar-refractivity contribution in [2.24, 2.45) is 0 Å². The molecule has 6 nitrogen and oxygen atoms in total. The molecule has 0 bridgehead atoms. The number of rotatable bonds is 4. The SMILES string of the molecule is COc1ccc(S(=O)(=O)N2CCC(c3ccc4cccnc4n3)CC2)cc1. The molecule has 3 aromatic rings. The first-order valence-electron chi connectivity index (χ1n) is 8.94. The molecule has 7 heteroatoms. The van der Waals surface area contributed by atoms with E-state index in [4.69, 9.17) is 4.74 Å². The van der Waals surface area contributed by atoms with Crippen LogP contribution in [0.5, 0.6) is 5.75 Å². The van der Waals surface area contributed by atoms with E-state index < -0.39 is 10.0 Å². The molecule has 1 saturated heterocycles. The van der Waals surface area contributed by atoms with Crippen molar-refractivity contribution in [1.82, 2.24) is 14.3 Å². The molecule has 3 heterocycles. The van der Waals surface area contributed by atoms with Crippen LogP contribution in [0.4, 0.5) is 0 Å². The number of sulfonamides is 1. The van der Waals surface area contributed by atoms with Gasteiger partial charge in [0.1, 0.15) is 5.75 Å². The summed E-state index contributed by atoms with van der Waals surface area (Å²) in [6.45, 7) is 0.974. The van der Waals surface area contributed by atoms with Crippen molar-refractivity contribution in [3.05, 3.63) is 60.4 Å². The van der Waals surface area contributed by atoms with E-state index in [1.165, 1.54) is 0 Å². The second-order valence-corrected chi connectivity index (χ2v) is 8.58. The second-order valence-electron chi connectivity index (χ2n) is 6.64. The average Bonchev–Trinajstić information content (AvgIpc) is 2.73. The van der Waals surface area contributed by atoms with Gasteiger partial charge < -0.3 is 4.74 Å². The fraction of sp³-hybridized carbons (Fsp3) is 0.300. The quantitative estimate of drug-likeness (QED) is 0.692. The first-order chi connectivity index (χ1) is 13.1. The predicted octanol–water partition coefficient (Wildman–Crippen LogP) is 3.21. The van der Waals surface area contributed by atoms with E-state index in [1.807, 2.05) is 24.3 Å². The summed E-state index contributed by atoms with van der Waals surface area (Å²) in [6, 6.07) is 14.5. The number of nitrogens with zero attached hydrogens (tertiary/aromatic N) is 3. The van der Waals surface area contributed by atoms with Crippen molar-refractivity contribution in [2.45, 2.75) is 23.7 Å². The molecule has 4 rings (SSSR count). The molecule has 0 N–H and O–H groups in total. The molecule has 1 aliphatic heterocycles. The summed E-state index contributed by atoms with van der Waals surface area (Å²) in [5.41, 5.74) is 1.73. The Morgan fingerprint density at radius 3 is 2.48 bits per heavy atom. The van der Waals surface area contributed by atoms with Gasteiger partial charge in [0.2, 0.25) is 10.0 Å². The number of ether oxygens (including phenoxy) is 1. The minimum Gasteiger partial charge on any atom is -0.497 e. The summed E-state index contributed by atoms with van der Waals surface area (Å²) in [5.74, 6) is 0.891. The monoisotopic (exact) mass is 383 g/mol. The average molecular weight is 383 g/mol. The van der Waals surface area contributed by atoms with E-state index in [0.717, 1.165) is 29.6 Å². The van der Waals surface area contributed by atoms with Gasteiger partial charge in [0.15, 0.2) is 5.65 Å². The first kappa shape index (κ1) is 17.9. The Morgan fingerprint density at radius 1 is 1.04 bits per heavy atom. The number of benzene rings is 1. The predicted molar refractivity (Wildman–Crippen MR) is 103 cm³/mol. The number of hydrogen-bond donors (Lipinski definition) is 0. The van der Waals surface area contributed by atoms with Gasteiger partial charge in [-0.25, -0.2) is 18.4 Å². The third-order valence-corrected chi connectivity index (χ3v) is 6.97. The molecule has 1 aliphatic rings. The standard InChI is InChI=1S/C20H21N3O3S/c1-26-17-5-7-18(8-6-17)27(24,25)23-13-10-15(11-14-23)19-9-4-16-3-2-12-21-20(16)22-19/h2-9,12,15H,10-11,13-14H2,1H3. The summed E-state index contributed by atoms with van der Waals surface area (Å²) in [7, 11) is -1.92. The van der Waals surface area contributed by atoms with E-state index in [0.29, 0.717) is 23.7 Å². The van der Waals surface area contributed by atoms with Gasteiger partial charge in [-0.15, -0.1) is 0 Å². The second kappa shape index (κ2) is 7.25. The fourth-order valence-electron chi connectivity index (χ4n) is 3.48. The Kier molecular flexibility index (Phi) is 4.80. The van der Waals surface area contributed by atoms with E-state index >= 15 is 0 Å². The molecule has 0 aliphatic carbocycles. The van der Waals surface area contributed by atoms with Gasteiger partial charge in [-0.3, -0.25) is 0 Å². The van der Waals surface area contributed by atoms with Gasteiger partial charge in [-0.1, -0.05) is 0 Å². The molecule has 0 radical (unpaired) electrons. The van der Waals surface area contributed by atoms with Crippen molar-refractivity contribution in [3.8, 4) is 5.75 Å². The topological polar surface area (TPSA) is 72.4 Å². The molecule has 1 aromatic carbocycles. The third-order valence-electron chi connectivity index (χ3n) is 5.05. The Labute approximate surface area is 158 Å². The number of aromatic nitrogens is 2. The number of fused-ring (bicyclic) bond motifs is 1. The van der Waals surface area contributed by atoms with Crippen LogP contribution in [0.1, 0.15) is 24.5 Å². The van der Waals surface area contributed by atoms with Crippen molar-refractivity contribution < 1.29 is 13.2 Å². The molecular formula is C20H21N3O3S. The van der Waals surface area contributed by atoms with E-state index in [-0.39, 0.29) is 5.92 Å². The van der Waals surface area contributed by atoms with Crippen molar-refractivity contribution in [3.63, 3.8) is 0 Å². The van der Waals surface area contributed by atoms with Gasteiger partial charge >= 0.3 is 0 Å². The van der Waals surface area contributed by atoms with Crippen LogP contribution in [0, 0.1) is 0 Å². The Morgan fingerprint density at radius 2 is 1.78 bits per heavy atom. The van der Waals surface area contributed by atoms with Crippen molar-refractivity contribution in [1.29, 1.82) is 0 Å². The van der Waals surface area contributed by atoms with Crippen molar-refractivity contribution in [2.75, 3.05) is 20.2 Å². The van der Waals surface area contributed by atoms with Gasteiger partial charge in [0.05, 0.1) is 12.0 Å². The Bertz CT molecular complexity index is 1040. The maximum absolute atomic E-state index is 12.9. The van der Waals surface area contributed by atoms with Crippen LogP contribution in [0.25, 0.3) is 11.0 Å². The molecule has 0 spiro atoms. The van der Waals surface area contributed by atoms with Crippen LogP contribution < -0.4 is 4.74 Å². The summed E-state index contributed by atoms with van der Waals surface area (Å²) in [4.78, 5) is 9.29. The summed E-state index contributed by atoms with van der Waals surface area (Å²) in [6.07, 6.45) is 3.24. The lowest BCUT2D eigenvalue weighted by Crippen LogP contribution is -2.38. The highest BCUT2D eigenvalue weighted by molar-refractivity contribution is 7.89. The summed E-state index contributed by atoms with van der Waals surface area (Å²) in [5, 5.41) is 1.01. The zero-order chi connectivity index (χ0) is 18.9. The normalized spacial score (nSPS) is 16.5. The highest BCUT2D eigenvalue weighted by atomic mass is 32.2.